The van der Waals surface area contributed by atoms with Crippen molar-refractivity contribution in [3.05, 3.63) is 83.3 Å². The summed E-state index contributed by atoms with van der Waals surface area (Å²) in [6, 6.07) is 11.1. The van der Waals surface area contributed by atoms with E-state index in [0.29, 0.717) is 17.3 Å². The van der Waals surface area contributed by atoms with Crippen LogP contribution in [0.4, 0.5) is 4.39 Å². The number of carbonyl (C=O) groups excluding carboxylic acids is 1. The molecule has 0 radical (unpaired) electrons. The molecule has 34 heavy (non-hydrogen) atoms. The molecule has 7 nitrogen and oxygen atoms in total. The fraction of sp³-hybridized carbons (Fsp3) is 0.240. The highest BCUT2D eigenvalue weighted by Gasteiger charge is 2.36. The molecule has 1 N–H and O–H groups in total. The molecule has 0 saturated carbocycles. The van der Waals surface area contributed by atoms with Gasteiger partial charge in [0.2, 0.25) is 0 Å². The van der Waals surface area contributed by atoms with Gasteiger partial charge in [-0.05, 0) is 61.1 Å². The minimum Gasteiger partial charge on any atom is -0.495 e. The highest BCUT2D eigenvalue weighted by atomic mass is 32.2. The SMILES string of the molecule is COc1cc(/C=C2\N=C(SC)N(C(CCO)c3ccc(F)cc3)C2=O)ccc1-n1cnc(C)c1. The number of imidazole rings is 1. The van der Waals surface area contributed by atoms with Crippen LogP contribution in [0.2, 0.25) is 0 Å². The van der Waals surface area contributed by atoms with Gasteiger partial charge in [0, 0.05) is 12.8 Å². The molecule has 176 valence electrons. The smallest absolute Gasteiger partial charge is 0.279 e. The fourth-order valence-electron chi connectivity index (χ4n) is 3.89. The molecule has 4 rings (SSSR count). The van der Waals surface area contributed by atoms with E-state index in [-0.39, 0.29) is 24.0 Å². The van der Waals surface area contributed by atoms with Crippen LogP contribution in [0.25, 0.3) is 11.8 Å². The van der Waals surface area contributed by atoms with Gasteiger partial charge in [0.25, 0.3) is 5.91 Å². The number of rotatable bonds is 7. The van der Waals surface area contributed by atoms with Gasteiger partial charge in [-0.3, -0.25) is 9.69 Å². The van der Waals surface area contributed by atoms with Gasteiger partial charge >= 0.3 is 0 Å². The normalized spacial score (nSPS) is 15.7. The minimum absolute atomic E-state index is 0.126. The van der Waals surface area contributed by atoms with Crippen LogP contribution in [0, 0.1) is 12.7 Å². The summed E-state index contributed by atoms with van der Waals surface area (Å²) in [5.74, 6) is -0.00479. The Kier molecular flexibility index (Phi) is 7.14. The maximum atomic E-state index is 13.5. The lowest BCUT2D eigenvalue weighted by atomic mass is 10.0. The number of hydrogen-bond donors (Lipinski definition) is 1. The number of benzene rings is 2. The molecular formula is C25H25FN4O3S. The largest absolute Gasteiger partial charge is 0.495 e. The first-order valence-electron chi connectivity index (χ1n) is 10.7. The Morgan fingerprint density at radius 3 is 2.62 bits per heavy atom. The number of aliphatic imine (C=N–C) groups is 1. The number of aliphatic hydroxyl groups is 1. The number of amidine groups is 1. The average molecular weight is 481 g/mol. The number of methoxy groups -OCH3 is 1. The molecule has 2 heterocycles. The molecular weight excluding hydrogens is 455 g/mol. The van der Waals surface area contributed by atoms with E-state index in [0.717, 1.165) is 22.5 Å². The Morgan fingerprint density at radius 1 is 1.24 bits per heavy atom. The van der Waals surface area contributed by atoms with Crippen LogP contribution in [0.5, 0.6) is 5.75 Å². The van der Waals surface area contributed by atoms with Crippen LogP contribution >= 0.6 is 11.8 Å². The molecule has 0 fully saturated rings. The second-order valence-electron chi connectivity index (χ2n) is 7.74. The molecule has 1 aliphatic heterocycles. The highest BCUT2D eigenvalue weighted by Crippen LogP contribution is 2.34. The van der Waals surface area contributed by atoms with Gasteiger partial charge in [-0.25, -0.2) is 14.4 Å². The van der Waals surface area contributed by atoms with Crippen LogP contribution in [0.1, 0.15) is 29.3 Å². The summed E-state index contributed by atoms with van der Waals surface area (Å²) < 4.78 is 20.9. The van der Waals surface area contributed by atoms with Crippen molar-refractivity contribution in [2.24, 2.45) is 4.99 Å². The maximum absolute atomic E-state index is 13.5. The number of amides is 1. The van der Waals surface area contributed by atoms with Crippen LogP contribution in [0.3, 0.4) is 0 Å². The lowest BCUT2D eigenvalue weighted by molar-refractivity contribution is -0.124. The van der Waals surface area contributed by atoms with E-state index in [2.05, 4.69) is 9.98 Å². The second kappa shape index (κ2) is 10.2. The summed E-state index contributed by atoms with van der Waals surface area (Å²) in [4.78, 5) is 23.8. The molecule has 0 saturated heterocycles. The summed E-state index contributed by atoms with van der Waals surface area (Å²) in [7, 11) is 1.59. The molecule has 3 aromatic rings. The first kappa shape index (κ1) is 23.7. The Labute approximate surface area is 201 Å². The van der Waals surface area contributed by atoms with E-state index < -0.39 is 6.04 Å². The van der Waals surface area contributed by atoms with E-state index in [1.54, 1.807) is 36.5 Å². The van der Waals surface area contributed by atoms with Crippen molar-refractivity contribution in [2.45, 2.75) is 19.4 Å². The number of nitrogens with zero attached hydrogens (tertiary/aromatic N) is 4. The molecule has 9 heteroatoms. The van der Waals surface area contributed by atoms with E-state index in [1.807, 2.05) is 42.1 Å². The zero-order valence-corrected chi connectivity index (χ0v) is 19.9. The van der Waals surface area contributed by atoms with E-state index in [9.17, 15) is 14.3 Å². The molecule has 1 atom stereocenters. The van der Waals surface area contributed by atoms with Gasteiger partial charge in [-0.1, -0.05) is 30.0 Å². The summed E-state index contributed by atoms with van der Waals surface area (Å²) in [5, 5.41) is 10.2. The van der Waals surface area contributed by atoms with Crippen molar-refractivity contribution < 1.29 is 19.0 Å². The van der Waals surface area contributed by atoms with Crippen molar-refractivity contribution in [1.29, 1.82) is 0 Å². The fourth-order valence-corrected chi connectivity index (χ4v) is 4.48. The highest BCUT2D eigenvalue weighted by molar-refractivity contribution is 8.13. The monoisotopic (exact) mass is 480 g/mol. The summed E-state index contributed by atoms with van der Waals surface area (Å²) in [5.41, 5.74) is 3.49. The third-order valence-corrected chi connectivity index (χ3v) is 6.16. The standard InChI is InChI=1S/C25H25FN4O3S/c1-16-14-29(15-27-16)22-9-4-17(13-23(22)33-2)12-20-24(32)30(25(28-20)34-3)21(10-11-31)18-5-7-19(26)8-6-18/h4-9,12-15,21,31H,10-11H2,1-3H3/b20-12-. The first-order chi connectivity index (χ1) is 16.4. The molecule has 1 amide bonds. The Bertz CT molecular complexity index is 1250. The average Bonchev–Trinajstić information content (AvgIpc) is 3.41. The topological polar surface area (TPSA) is 80.0 Å². The minimum atomic E-state index is -0.461. The third-order valence-electron chi connectivity index (χ3n) is 5.51. The van der Waals surface area contributed by atoms with Gasteiger partial charge in [0.15, 0.2) is 5.17 Å². The van der Waals surface area contributed by atoms with Crippen molar-refractivity contribution >= 4 is 28.9 Å². The molecule has 1 aliphatic rings. The van der Waals surface area contributed by atoms with Gasteiger partial charge in [-0.15, -0.1) is 0 Å². The quantitative estimate of drug-likeness (QED) is 0.509. The molecule has 0 aliphatic carbocycles. The molecule has 0 bridgehead atoms. The zero-order valence-electron chi connectivity index (χ0n) is 19.1. The number of aryl methyl sites for hydroxylation is 1. The van der Waals surface area contributed by atoms with Crippen molar-refractivity contribution in [2.75, 3.05) is 20.0 Å². The number of halogens is 1. The third kappa shape index (κ3) is 4.76. The Morgan fingerprint density at radius 2 is 2.00 bits per heavy atom. The van der Waals surface area contributed by atoms with E-state index in [4.69, 9.17) is 4.74 Å². The van der Waals surface area contributed by atoms with Gasteiger partial charge < -0.3 is 14.4 Å². The molecule has 0 spiro atoms. The van der Waals surface area contributed by atoms with Gasteiger partial charge in [-0.2, -0.15) is 0 Å². The van der Waals surface area contributed by atoms with Gasteiger partial charge in [0.1, 0.15) is 17.3 Å². The van der Waals surface area contributed by atoms with Crippen LogP contribution in [-0.2, 0) is 4.79 Å². The summed E-state index contributed by atoms with van der Waals surface area (Å²) >= 11 is 1.34. The number of thioether (sulfide) groups is 1. The Balaban J connectivity index is 1.67. The number of aliphatic hydroxyl groups excluding tert-OH is 1. The van der Waals surface area contributed by atoms with Gasteiger partial charge in [0.05, 0.1) is 30.9 Å². The number of carbonyl (C=O) groups is 1. The molecule has 1 aromatic heterocycles. The molecule has 1 unspecified atom stereocenters. The number of ether oxygens (including phenoxy) is 1. The predicted molar refractivity (Wildman–Crippen MR) is 131 cm³/mol. The van der Waals surface area contributed by atoms with Crippen molar-refractivity contribution in [3.8, 4) is 11.4 Å². The van der Waals surface area contributed by atoms with Crippen LogP contribution in [-0.4, -0.2) is 50.6 Å². The predicted octanol–water partition coefficient (Wildman–Crippen LogP) is 4.35. The zero-order chi connectivity index (χ0) is 24.2. The summed E-state index contributed by atoms with van der Waals surface area (Å²) in [6.45, 7) is 1.79. The first-order valence-corrected chi connectivity index (χ1v) is 11.9. The number of hydrogen-bond acceptors (Lipinski definition) is 6. The van der Waals surface area contributed by atoms with E-state index >= 15 is 0 Å². The Hall–Kier alpha value is -3.43. The second-order valence-corrected chi connectivity index (χ2v) is 8.51. The van der Waals surface area contributed by atoms with Crippen LogP contribution < -0.4 is 4.74 Å². The van der Waals surface area contributed by atoms with Crippen molar-refractivity contribution in [3.63, 3.8) is 0 Å². The van der Waals surface area contributed by atoms with E-state index in [1.165, 1.54) is 23.9 Å². The summed E-state index contributed by atoms with van der Waals surface area (Å²) in [6.07, 6.45) is 7.48. The lowest BCUT2D eigenvalue weighted by Gasteiger charge is -2.28. The molecule has 2 aromatic carbocycles. The maximum Gasteiger partial charge on any atom is 0.279 e. The number of aromatic nitrogens is 2. The van der Waals surface area contributed by atoms with Crippen LogP contribution in [0.15, 0.2) is 65.7 Å². The lowest BCUT2D eigenvalue weighted by Crippen LogP contribution is -2.35. The van der Waals surface area contributed by atoms with Crippen molar-refractivity contribution in [1.82, 2.24) is 14.5 Å².